The lowest BCUT2D eigenvalue weighted by Crippen LogP contribution is -2.52. The number of aryl methyl sites for hydroxylation is 1. The van der Waals surface area contributed by atoms with Crippen molar-refractivity contribution in [3.63, 3.8) is 0 Å². The number of piperidine rings is 1. The van der Waals surface area contributed by atoms with Crippen molar-refractivity contribution < 1.29 is 0 Å². The fourth-order valence-corrected chi connectivity index (χ4v) is 3.30. The molecule has 1 aromatic heterocycles. The molecule has 1 saturated heterocycles. The summed E-state index contributed by atoms with van der Waals surface area (Å²) in [6, 6.07) is 0.334. The maximum absolute atomic E-state index is 6.15. The van der Waals surface area contributed by atoms with Crippen LogP contribution < -0.4 is 5.73 Å². The number of thiazole rings is 1. The van der Waals surface area contributed by atoms with Crippen LogP contribution in [0.4, 0.5) is 0 Å². The zero-order valence-electron chi connectivity index (χ0n) is 11.5. The van der Waals surface area contributed by atoms with E-state index in [-0.39, 0.29) is 17.8 Å². The normalized spacial score (nSPS) is 23.7. The van der Waals surface area contributed by atoms with Crippen molar-refractivity contribution >= 4 is 23.7 Å². The molecule has 0 aromatic carbocycles. The molecule has 0 spiro atoms. The van der Waals surface area contributed by atoms with Gasteiger partial charge in [0.05, 0.1) is 6.54 Å². The smallest absolute Gasteiger partial charge is 0.107 e. The Kier molecular flexibility index (Phi) is 5.59. The molecular formula is C13H24ClN3S. The van der Waals surface area contributed by atoms with Crippen LogP contribution in [0.25, 0.3) is 0 Å². The second-order valence-electron chi connectivity index (χ2n) is 5.67. The molecule has 1 aromatic rings. The molecule has 0 saturated carbocycles. The monoisotopic (exact) mass is 289 g/mol. The van der Waals surface area contributed by atoms with Crippen LogP contribution in [-0.2, 0) is 13.0 Å². The van der Waals surface area contributed by atoms with E-state index in [0.29, 0.717) is 6.04 Å². The van der Waals surface area contributed by atoms with Gasteiger partial charge in [-0.15, -0.1) is 23.7 Å². The predicted molar refractivity (Wildman–Crippen MR) is 80.4 cm³/mol. The Morgan fingerprint density at radius 2 is 2.28 bits per heavy atom. The van der Waals surface area contributed by atoms with Crippen molar-refractivity contribution in [2.75, 3.05) is 13.1 Å². The highest BCUT2D eigenvalue weighted by Crippen LogP contribution is 2.29. The minimum absolute atomic E-state index is 0. The van der Waals surface area contributed by atoms with Crippen LogP contribution in [0, 0.1) is 5.41 Å². The van der Waals surface area contributed by atoms with Crippen molar-refractivity contribution in [2.24, 2.45) is 11.1 Å². The average molecular weight is 290 g/mol. The maximum atomic E-state index is 6.15. The maximum Gasteiger partial charge on any atom is 0.107 e. The van der Waals surface area contributed by atoms with Gasteiger partial charge in [0.2, 0.25) is 0 Å². The van der Waals surface area contributed by atoms with Crippen LogP contribution in [0.3, 0.4) is 0 Å². The van der Waals surface area contributed by atoms with E-state index in [1.807, 2.05) is 17.5 Å². The molecule has 2 heterocycles. The first kappa shape index (κ1) is 15.9. The largest absolute Gasteiger partial charge is 0.327 e. The minimum atomic E-state index is 0. The second kappa shape index (κ2) is 6.33. The van der Waals surface area contributed by atoms with E-state index in [4.69, 9.17) is 5.73 Å². The van der Waals surface area contributed by atoms with E-state index >= 15 is 0 Å². The predicted octanol–water partition coefficient (Wildman–Crippen LogP) is 2.69. The highest BCUT2D eigenvalue weighted by Gasteiger charge is 2.33. The Hall–Kier alpha value is -0.160. The second-order valence-corrected chi connectivity index (χ2v) is 6.87. The Morgan fingerprint density at radius 3 is 2.83 bits per heavy atom. The third-order valence-corrected chi connectivity index (χ3v) is 4.83. The summed E-state index contributed by atoms with van der Waals surface area (Å²) >= 11 is 1.84. The molecule has 1 aliphatic heterocycles. The summed E-state index contributed by atoms with van der Waals surface area (Å²) in [5.74, 6) is 0. The standard InChI is InChI=1S/C13H23N3S.ClH/c1-4-10-7-15-12(17-10)8-16-6-5-11(14)13(2,3)9-16;/h7,11H,4-6,8-9,14H2,1-3H3;1H. The molecule has 3 nitrogen and oxygen atoms in total. The molecular weight excluding hydrogens is 266 g/mol. The van der Waals surface area contributed by atoms with Crippen LogP contribution >= 0.6 is 23.7 Å². The first-order chi connectivity index (χ1) is 8.01. The van der Waals surface area contributed by atoms with E-state index < -0.39 is 0 Å². The number of likely N-dealkylation sites (tertiary alicyclic amines) is 1. The van der Waals surface area contributed by atoms with Crippen LogP contribution in [-0.4, -0.2) is 29.0 Å². The third-order valence-electron chi connectivity index (χ3n) is 3.70. The van der Waals surface area contributed by atoms with Gasteiger partial charge in [0.15, 0.2) is 0 Å². The van der Waals surface area contributed by atoms with Gasteiger partial charge >= 0.3 is 0 Å². The summed E-state index contributed by atoms with van der Waals surface area (Å²) in [6.45, 7) is 9.88. The van der Waals surface area contributed by atoms with E-state index in [1.54, 1.807) is 0 Å². The Labute approximate surface area is 120 Å². The zero-order valence-corrected chi connectivity index (χ0v) is 13.1. The van der Waals surface area contributed by atoms with Gasteiger partial charge in [0.1, 0.15) is 5.01 Å². The van der Waals surface area contributed by atoms with Gasteiger partial charge in [-0.3, -0.25) is 4.90 Å². The van der Waals surface area contributed by atoms with Crippen molar-refractivity contribution in [3.8, 4) is 0 Å². The number of rotatable bonds is 3. The SMILES string of the molecule is CCc1cnc(CN2CCC(N)C(C)(C)C2)s1.Cl. The van der Waals surface area contributed by atoms with E-state index in [1.165, 1.54) is 9.88 Å². The lowest BCUT2D eigenvalue weighted by molar-refractivity contribution is 0.0898. The molecule has 104 valence electrons. The quantitative estimate of drug-likeness (QED) is 0.930. The Bertz CT molecular complexity index is 378. The topological polar surface area (TPSA) is 42.2 Å². The highest BCUT2D eigenvalue weighted by atomic mass is 35.5. The van der Waals surface area contributed by atoms with Crippen molar-refractivity contribution in [3.05, 3.63) is 16.1 Å². The summed E-state index contributed by atoms with van der Waals surface area (Å²) in [6.07, 6.45) is 4.20. The molecule has 5 heteroatoms. The fraction of sp³-hybridized carbons (Fsp3) is 0.769. The van der Waals surface area contributed by atoms with Crippen LogP contribution in [0.15, 0.2) is 6.20 Å². The van der Waals surface area contributed by atoms with Gasteiger partial charge in [-0.25, -0.2) is 4.98 Å². The molecule has 2 rings (SSSR count). The van der Waals surface area contributed by atoms with Gasteiger partial charge in [0, 0.05) is 30.2 Å². The minimum Gasteiger partial charge on any atom is -0.327 e. The van der Waals surface area contributed by atoms with Crippen molar-refractivity contribution in [1.29, 1.82) is 0 Å². The first-order valence-corrected chi connectivity index (χ1v) is 7.24. The molecule has 1 aliphatic rings. The Balaban J connectivity index is 0.00000162. The van der Waals surface area contributed by atoms with Crippen molar-refractivity contribution in [2.45, 2.75) is 46.2 Å². The third kappa shape index (κ3) is 3.67. The molecule has 18 heavy (non-hydrogen) atoms. The Morgan fingerprint density at radius 1 is 1.56 bits per heavy atom. The number of hydrogen-bond acceptors (Lipinski definition) is 4. The van der Waals surface area contributed by atoms with Crippen LogP contribution in [0.1, 0.15) is 37.1 Å². The first-order valence-electron chi connectivity index (χ1n) is 6.43. The number of hydrogen-bond donors (Lipinski definition) is 1. The van der Waals surface area contributed by atoms with Gasteiger partial charge in [0.25, 0.3) is 0 Å². The van der Waals surface area contributed by atoms with Gasteiger partial charge in [-0.05, 0) is 18.3 Å². The molecule has 2 N–H and O–H groups in total. The van der Waals surface area contributed by atoms with Gasteiger partial charge < -0.3 is 5.73 Å². The van der Waals surface area contributed by atoms with E-state index in [9.17, 15) is 0 Å². The molecule has 0 bridgehead atoms. The molecule has 0 amide bonds. The number of halogens is 1. The molecule has 1 atom stereocenters. The highest BCUT2D eigenvalue weighted by molar-refractivity contribution is 7.11. The van der Waals surface area contributed by atoms with E-state index in [2.05, 4.69) is 30.7 Å². The lowest BCUT2D eigenvalue weighted by Gasteiger charge is -2.42. The van der Waals surface area contributed by atoms with Gasteiger partial charge in [-0.2, -0.15) is 0 Å². The van der Waals surface area contributed by atoms with Crippen molar-refractivity contribution in [1.82, 2.24) is 9.88 Å². The summed E-state index contributed by atoms with van der Waals surface area (Å²) < 4.78 is 0. The average Bonchev–Trinajstić information content (AvgIpc) is 2.71. The lowest BCUT2D eigenvalue weighted by atomic mass is 9.80. The summed E-state index contributed by atoms with van der Waals surface area (Å²) in [5.41, 5.74) is 6.38. The summed E-state index contributed by atoms with van der Waals surface area (Å²) in [7, 11) is 0. The summed E-state index contributed by atoms with van der Waals surface area (Å²) in [4.78, 5) is 8.36. The molecule has 0 aliphatic carbocycles. The fourth-order valence-electron chi connectivity index (χ4n) is 2.40. The summed E-state index contributed by atoms with van der Waals surface area (Å²) in [5, 5.41) is 1.24. The molecule has 0 radical (unpaired) electrons. The van der Waals surface area contributed by atoms with Crippen LogP contribution in [0.5, 0.6) is 0 Å². The number of nitrogens with zero attached hydrogens (tertiary/aromatic N) is 2. The zero-order chi connectivity index (χ0) is 12.5. The van der Waals surface area contributed by atoms with Crippen LogP contribution in [0.2, 0.25) is 0 Å². The number of aromatic nitrogens is 1. The van der Waals surface area contributed by atoms with E-state index in [0.717, 1.165) is 32.5 Å². The van der Waals surface area contributed by atoms with Gasteiger partial charge in [-0.1, -0.05) is 20.8 Å². The number of nitrogens with two attached hydrogens (primary N) is 1. The molecule has 1 fully saturated rings. The molecule has 1 unspecified atom stereocenters.